The Labute approximate surface area is 215 Å². The minimum atomic E-state index is -4.08. The van der Waals surface area contributed by atoms with Crippen molar-refractivity contribution in [2.24, 2.45) is 0 Å². The molecule has 3 aromatic carbocycles. The molecule has 1 heterocycles. The number of sulfonamides is 1. The van der Waals surface area contributed by atoms with Crippen molar-refractivity contribution in [2.75, 3.05) is 29.3 Å². The average Bonchev–Trinajstić information content (AvgIpc) is 3.40. The molecule has 36 heavy (non-hydrogen) atoms. The monoisotopic (exact) mass is 527 g/mol. The first-order valence-corrected chi connectivity index (χ1v) is 13.3. The maximum atomic E-state index is 13.4. The van der Waals surface area contributed by atoms with Crippen LogP contribution in [0, 0.1) is 0 Å². The Morgan fingerprint density at radius 2 is 1.75 bits per heavy atom. The summed E-state index contributed by atoms with van der Waals surface area (Å²) in [5.74, 6) is -0.973. The molecular weight excluding hydrogens is 502 g/mol. The number of anilines is 2. The first kappa shape index (κ1) is 25.7. The summed E-state index contributed by atoms with van der Waals surface area (Å²) >= 11 is 6.11. The molecule has 0 aliphatic carbocycles. The van der Waals surface area contributed by atoms with Crippen LogP contribution < -0.4 is 14.9 Å². The Morgan fingerprint density at radius 1 is 1.00 bits per heavy atom. The van der Waals surface area contributed by atoms with Crippen LogP contribution in [0.25, 0.3) is 0 Å². The third-order valence-corrected chi connectivity index (χ3v) is 7.70. The number of benzene rings is 3. The summed E-state index contributed by atoms with van der Waals surface area (Å²) in [5.41, 5.74) is 0.781. The number of carbonyl (C=O) groups is 2. The quantitative estimate of drug-likeness (QED) is 0.436. The molecule has 1 aliphatic rings. The van der Waals surface area contributed by atoms with Gasteiger partial charge in [0.1, 0.15) is 6.54 Å². The van der Waals surface area contributed by atoms with E-state index in [2.05, 4.69) is 10.6 Å². The van der Waals surface area contributed by atoms with Crippen molar-refractivity contribution < 1.29 is 22.7 Å². The smallest absolute Gasteiger partial charge is 0.264 e. The topological polar surface area (TPSA) is 105 Å². The van der Waals surface area contributed by atoms with E-state index in [1.807, 2.05) is 0 Å². The molecule has 2 amide bonds. The summed E-state index contributed by atoms with van der Waals surface area (Å²) < 4.78 is 33.4. The second-order valence-electron chi connectivity index (χ2n) is 8.24. The van der Waals surface area contributed by atoms with Crippen LogP contribution in [-0.2, 0) is 19.6 Å². The molecule has 1 aliphatic heterocycles. The highest BCUT2D eigenvalue weighted by atomic mass is 35.5. The first-order chi connectivity index (χ1) is 17.3. The van der Waals surface area contributed by atoms with Gasteiger partial charge < -0.3 is 15.4 Å². The molecule has 4 rings (SSSR count). The molecule has 0 radical (unpaired) electrons. The molecule has 2 N–H and O–H groups in total. The molecule has 188 valence electrons. The van der Waals surface area contributed by atoms with E-state index in [4.69, 9.17) is 16.3 Å². The second kappa shape index (κ2) is 11.6. The van der Waals surface area contributed by atoms with Crippen molar-refractivity contribution >= 4 is 44.8 Å². The molecule has 1 saturated heterocycles. The Kier molecular flexibility index (Phi) is 8.25. The summed E-state index contributed by atoms with van der Waals surface area (Å²) in [4.78, 5) is 25.9. The van der Waals surface area contributed by atoms with Crippen molar-refractivity contribution in [1.29, 1.82) is 0 Å². The molecule has 0 unspecified atom stereocenters. The SMILES string of the molecule is O=C(CN(c1cccc(Cl)c1)S(=O)(=O)c1ccccc1)Nc1ccccc1C(=O)NC[C@H]1CCCO1. The summed E-state index contributed by atoms with van der Waals surface area (Å²) in [6, 6.07) is 20.6. The molecular formula is C26H26ClN3O5S. The van der Waals surface area contributed by atoms with Crippen LogP contribution in [0.5, 0.6) is 0 Å². The molecule has 0 aromatic heterocycles. The molecule has 0 saturated carbocycles. The van der Waals surface area contributed by atoms with Gasteiger partial charge >= 0.3 is 0 Å². The van der Waals surface area contributed by atoms with E-state index >= 15 is 0 Å². The van der Waals surface area contributed by atoms with E-state index in [1.54, 1.807) is 60.7 Å². The highest BCUT2D eigenvalue weighted by Crippen LogP contribution is 2.26. The lowest BCUT2D eigenvalue weighted by Gasteiger charge is -2.24. The van der Waals surface area contributed by atoms with E-state index in [1.165, 1.54) is 18.2 Å². The van der Waals surface area contributed by atoms with Crippen LogP contribution in [0.3, 0.4) is 0 Å². The zero-order valence-corrected chi connectivity index (χ0v) is 21.0. The van der Waals surface area contributed by atoms with Gasteiger partial charge in [-0.15, -0.1) is 0 Å². The lowest BCUT2D eigenvalue weighted by atomic mass is 10.1. The molecule has 1 fully saturated rings. The fourth-order valence-corrected chi connectivity index (χ4v) is 5.50. The molecule has 3 aromatic rings. The molecule has 10 heteroatoms. The largest absolute Gasteiger partial charge is 0.376 e. The van der Waals surface area contributed by atoms with Crippen molar-refractivity contribution in [3.8, 4) is 0 Å². The van der Waals surface area contributed by atoms with E-state index in [0.717, 1.165) is 17.1 Å². The third kappa shape index (κ3) is 6.23. The van der Waals surface area contributed by atoms with Crippen molar-refractivity contribution in [3.05, 3.63) is 89.4 Å². The van der Waals surface area contributed by atoms with E-state index in [-0.39, 0.29) is 33.8 Å². The first-order valence-electron chi connectivity index (χ1n) is 11.5. The van der Waals surface area contributed by atoms with Gasteiger partial charge in [-0.3, -0.25) is 13.9 Å². The molecule has 1 atom stereocenters. The van der Waals surface area contributed by atoms with Crippen LogP contribution in [-0.4, -0.2) is 46.0 Å². The minimum Gasteiger partial charge on any atom is -0.376 e. The maximum absolute atomic E-state index is 13.4. The van der Waals surface area contributed by atoms with Gasteiger partial charge in [0.15, 0.2) is 0 Å². The zero-order valence-electron chi connectivity index (χ0n) is 19.4. The Morgan fingerprint density at radius 3 is 2.47 bits per heavy atom. The van der Waals surface area contributed by atoms with Gasteiger partial charge in [0.2, 0.25) is 5.91 Å². The number of halogens is 1. The Balaban J connectivity index is 1.54. The van der Waals surface area contributed by atoms with Gasteiger partial charge in [-0.25, -0.2) is 8.42 Å². The van der Waals surface area contributed by atoms with Crippen molar-refractivity contribution in [3.63, 3.8) is 0 Å². The Hall–Kier alpha value is -3.40. The van der Waals surface area contributed by atoms with Crippen LogP contribution in [0.2, 0.25) is 5.02 Å². The maximum Gasteiger partial charge on any atom is 0.264 e. The van der Waals surface area contributed by atoms with Crippen molar-refractivity contribution in [1.82, 2.24) is 5.32 Å². The lowest BCUT2D eigenvalue weighted by Crippen LogP contribution is -2.38. The molecule has 0 bridgehead atoms. The number of hydrogen-bond acceptors (Lipinski definition) is 5. The van der Waals surface area contributed by atoms with Gasteiger partial charge in [0.25, 0.3) is 15.9 Å². The molecule has 8 nitrogen and oxygen atoms in total. The number of para-hydroxylation sites is 1. The van der Waals surface area contributed by atoms with Gasteiger partial charge in [-0.05, 0) is 55.3 Å². The Bertz CT molecular complexity index is 1330. The number of carbonyl (C=O) groups excluding carboxylic acids is 2. The van der Waals surface area contributed by atoms with Crippen LogP contribution in [0.15, 0.2) is 83.8 Å². The summed E-state index contributed by atoms with van der Waals surface area (Å²) in [7, 11) is -4.08. The number of nitrogens with one attached hydrogen (secondary N) is 2. The van der Waals surface area contributed by atoms with E-state index in [0.29, 0.717) is 18.2 Å². The van der Waals surface area contributed by atoms with E-state index in [9.17, 15) is 18.0 Å². The van der Waals surface area contributed by atoms with Crippen LogP contribution in [0.4, 0.5) is 11.4 Å². The summed E-state index contributed by atoms with van der Waals surface area (Å²) in [5, 5.41) is 5.85. The third-order valence-electron chi connectivity index (χ3n) is 5.67. The number of amides is 2. The number of nitrogens with zero attached hydrogens (tertiary/aromatic N) is 1. The number of hydrogen-bond donors (Lipinski definition) is 2. The van der Waals surface area contributed by atoms with Gasteiger partial charge in [0.05, 0.1) is 27.9 Å². The predicted molar refractivity (Wildman–Crippen MR) is 139 cm³/mol. The van der Waals surface area contributed by atoms with Gasteiger partial charge in [-0.1, -0.05) is 48.0 Å². The lowest BCUT2D eigenvalue weighted by molar-refractivity contribution is -0.114. The fraction of sp³-hybridized carbons (Fsp3) is 0.231. The fourth-order valence-electron chi connectivity index (χ4n) is 3.88. The summed E-state index contributed by atoms with van der Waals surface area (Å²) in [6.45, 7) is 0.532. The minimum absolute atomic E-state index is 0.0230. The van der Waals surface area contributed by atoms with Crippen LogP contribution in [0.1, 0.15) is 23.2 Å². The predicted octanol–water partition coefficient (Wildman–Crippen LogP) is 4.08. The standard InChI is InChI=1S/C26H26ClN3O5S/c27-19-8-6-9-20(16-19)30(36(33,34)22-11-2-1-3-12-22)18-25(31)29-24-14-5-4-13-23(24)26(32)28-17-21-10-7-15-35-21/h1-6,8-9,11-14,16,21H,7,10,15,17-18H2,(H,28,32)(H,29,31)/t21-/m1/s1. The molecule has 0 spiro atoms. The van der Waals surface area contributed by atoms with Gasteiger partial charge in [-0.2, -0.15) is 0 Å². The van der Waals surface area contributed by atoms with Crippen molar-refractivity contribution in [2.45, 2.75) is 23.8 Å². The van der Waals surface area contributed by atoms with Gasteiger partial charge in [0, 0.05) is 18.2 Å². The second-order valence-corrected chi connectivity index (χ2v) is 10.5. The average molecular weight is 528 g/mol. The highest BCUT2D eigenvalue weighted by molar-refractivity contribution is 7.92. The summed E-state index contributed by atoms with van der Waals surface area (Å²) in [6.07, 6.45) is 1.82. The van der Waals surface area contributed by atoms with Crippen LogP contribution >= 0.6 is 11.6 Å². The zero-order chi connectivity index (χ0) is 25.5. The highest BCUT2D eigenvalue weighted by Gasteiger charge is 2.28. The number of rotatable bonds is 9. The van der Waals surface area contributed by atoms with E-state index < -0.39 is 22.5 Å². The number of ether oxygens (including phenoxy) is 1. The normalized spacial score (nSPS) is 15.3.